The van der Waals surface area contributed by atoms with Crippen LogP contribution >= 0.6 is 0 Å². The maximum Gasteiger partial charge on any atom is 0.170 e. The molecule has 0 saturated heterocycles. The monoisotopic (exact) mass is 256 g/mol. The fourth-order valence-corrected chi connectivity index (χ4v) is 2.74. The molecule has 2 aromatic rings. The molecule has 19 heavy (non-hydrogen) atoms. The van der Waals surface area contributed by atoms with E-state index >= 15 is 0 Å². The van der Waals surface area contributed by atoms with Crippen molar-refractivity contribution in [1.29, 1.82) is 0 Å². The zero-order valence-electron chi connectivity index (χ0n) is 11.1. The van der Waals surface area contributed by atoms with E-state index in [1.165, 1.54) is 31.2 Å². The van der Waals surface area contributed by atoms with Crippen LogP contribution in [0.1, 0.15) is 36.9 Å². The second-order valence-electron chi connectivity index (χ2n) is 5.26. The molecule has 3 heteroatoms. The summed E-state index contributed by atoms with van der Waals surface area (Å²) in [4.78, 5) is 0. The summed E-state index contributed by atoms with van der Waals surface area (Å²) >= 11 is 0. The van der Waals surface area contributed by atoms with E-state index in [1.54, 1.807) is 18.1 Å². The van der Waals surface area contributed by atoms with E-state index in [-0.39, 0.29) is 5.75 Å². The minimum Gasteiger partial charge on any atom is -0.508 e. The molecule has 1 saturated carbocycles. The number of nitrogens with zero attached hydrogens (tertiary/aromatic N) is 1. The lowest BCUT2D eigenvalue weighted by Gasteiger charge is -2.08. The van der Waals surface area contributed by atoms with Crippen molar-refractivity contribution < 1.29 is 9.63 Å². The molecule has 1 aliphatic carbocycles. The van der Waals surface area contributed by atoms with Crippen LogP contribution in [0.15, 0.2) is 28.8 Å². The average molecular weight is 256 g/mol. The fraction of sp³-hybridized carbons (Fsp3) is 0.375. The molecule has 3 rings (SSSR count). The number of rotatable bonds is 3. The van der Waals surface area contributed by atoms with Crippen molar-refractivity contribution in [2.45, 2.75) is 39.0 Å². The summed E-state index contributed by atoms with van der Waals surface area (Å²) in [6.45, 7) is 2.00. The summed E-state index contributed by atoms with van der Waals surface area (Å²) in [6, 6.07) is 7.11. The van der Waals surface area contributed by atoms with Crippen LogP contribution < -0.4 is 0 Å². The maximum absolute atomic E-state index is 9.36. The van der Waals surface area contributed by atoms with E-state index in [9.17, 15) is 5.11 Å². The minimum absolute atomic E-state index is 0.270. The molecule has 0 bridgehead atoms. The number of phenols is 1. The number of hydrogen-bond acceptors (Lipinski definition) is 3. The SMILES string of the molecule is Cc1noc(-c2ccc(O)cc2)c1C[C]1CCCC1. The first-order valence-electron chi connectivity index (χ1n) is 6.82. The molecule has 3 nitrogen and oxygen atoms in total. The van der Waals surface area contributed by atoms with Crippen molar-refractivity contribution in [3.05, 3.63) is 41.4 Å². The van der Waals surface area contributed by atoms with Crippen LogP contribution in [0, 0.1) is 12.8 Å². The van der Waals surface area contributed by atoms with Gasteiger partial charge >= 0.3 is 0 Å². The zero-order valence-corrected chi connectivity index (χ0v) is 11.1. The van der Waals surface area contributed by atoms with Crippen LogP contribution in [0.4, 0.5) is 0 Å². The molecule has 1 heterocycles. The summed E-state index contributed by atoms with van der Waals surface area (Å²) in [5.74, 6) is 2.72. The van der Waals surface area contributed by atoms with Gasteiger partial charge in [0.05, 0.1) is 5.69 Å². The van der Waals surface area contributed by atoms with Gasteiger partial charge in [-0.2, -0.15) is 0 Å². The summed E-state index contributed by atoms with van der Waals surface area (Å²) < 4.78 is 5.49. The van der Waals surface area contributed by atoms with Crippen LogP contribution in [0.5, 0.6) is 5.75 Å². The first kappa shape index (κ1) is 12.3. The molecular formula is C16H18NO2. The third-order valence-corrected chi connectivity index (χ3v) is 3.85. The van der Waals surface area contributed by atoms with Crippen LogP contribution in [0.2, 0.25) is 0 Å². The molecule has 1 aromatic carbocycles. The van der Waals surface area contributed by atoms with Crippen molar-refractivity contribution in [1.82, 2.24) is 5.16 Å². The van der Waals surface area contributed by atoms with Crippen molar-refractivity contribution >= 4 is 0 Å². The first-order chi connectivity index (χ1) is 9.24. The quantitative estimate of drug-likeness (QED) is 0.901. The molecule has 0 aliphatic heterocycles. The standard InChI is InChI=1S/C16H18NO2/c1-11-15(10-12-4-2-3-5-12)16(19-17-11)13-6-8-14(18)9-7-13/h6-9,18H,2-5,10H2,1H3. The van der Waals surface area contributed by atoms with Crippen LogP contribution in [-0.2, 0) is 6.42 Å². The van der Waals surface area contributed by atoms with Crippen molar-refractivity contribution in [3.8, 4) is 17.1 Å². The van der Waals surface area contributed by atoms with Gasteiger partial charge < -0.3 is 9.63 Å². The lowest BCUT2D eigenvalue weighted by Crippen LogP contribution is -1.98. The molecule has 0 unspecified atom stereocenters. The van der Waals surface area contributed by atoms with Gasteiger partial charge in [-0.25, -0.2) is 0 Å². The normalized spacial score (nSPS) is 16.1. The second-order valence-corrected chi connectivity index (χ2v) is 5.26. The van der Waals surface area contributed by atoms with Crippen molar-refractivity contribution in [2.75, 3.05) is 0 Å². The predicted molar refractivity (Wildman–Crippen MR) is 73.8 cm³/mol. The Morgan fingerprint density at radius 3 is 2.53 bits per heavy atom. The lowest BCUT2D eigenvalue weighted by molar-refractivity contribution is 0.426. The summed E-state index contributed by atoms with van der Waals surface area (Å²) in [5, 5.41) is 13.5. The van der Waals surface area contributed by atoms with Gasteiger partial charge in [-0.15, -0.1) is 0 Å². The Kier molecular flexibility index (Phi) is 3.28. The lowest BCUT2D eigenvalue weighted by atomic mass is 9.95. The molecule has 0 amide bonds. The Balaban J connectivity index is 1.91. The van der Waals surface area contributed by atoms with Gasteiger partial charge in [0, 0.05) is 11.1 Å². The van der Waals surface area contributed by atoms with Gasteiger partial charge in [-0.05, 0) is 56.4 Å². The first-order valence-corrected chi connectivity index (χ1v) is 6.82. The Labute approximate surface area is 113 Å². The van der Waals surface area contributed by atoms with Crippen LogP contribution in [-0.4, -0.2) is 10.3 Å². The van der Waals surface area contributed by atoms with Gasteiger partial charge in [-0.3, -0.25) is 0 Å². The third kappa shape index (κ3) is 2.50. The fourth-order valence-electron chi connectivity index (χ4n) is 2.74. The Morgan fingerprint density at radius 1 is 1.16 bits per heavy atom. The van der Waals surface area contributed by atoms with Crippen molar-refractivity contribution in [3.63, 3.8) is 0 Å². The minimum atomic E-state index is 0.270. The molecular weight excluding hydrogens is 238 g/mol. The van der Waals surface area contributed by atoms with E-state index in [0.717, 1.165) is 23.4 Å². The molecule has 0 atom stereocenters. The Morgan fingerprint density at radius 2 is 1.84 bits per heavy atom. The summed E-state index contributed by atoms with van der Waals surface area (Å²) in [7, 11) is 0. The molecule has 99 valence electrons. The summed E-state index contributed by atoms with van der Waals surface area (Å²) in [6.07, 6.45) is 6.08. The molecule has 1 aromatic heterocycles. The Hall–Kier alpha value is -1.77. The average Bonchev–Trinajstić information content (AvgIpc) is 3.03. The highest BCUT2D eigenvalue weighted by molar-refractivity contribution is 5.63. The number of aryl methyl sites for hydroxylation is 1. The third-order valence-electron chi connectivity index (χ3n) is 3.85. The number of aromatic hydroxyl groups is 1. The molecule has 1 radical (unpaired) electrons. The Bertz CT molecular complexity index is 551. The predicted octanol–water partition coefficient (Wildman–Crippen LogP) is 4.05. The van der Waals surface area contributed by atoms with E-state index in [4.69, 9.17) is 4.52 Å². The topological polar surface area (TPSA) is 46.3 Å². The van der Waals surface area contributed by atoms with E-state index in [0.29, 0.717) is 0 Å². The number of hydrogen-bond donors (Lipinski definition) is 1. The van der Waals surface area contributed by atoms with Gasteiger partial charge in [0.15, 0.2) is 5.76 Å². The van der Waals surface area contributed by atoms with E-state index in [1.807, 2.05) is 19.1 Å². The number of benzene rings is 1. The van der Waals surface area contributed by atoms with Crippen molar-refractivity contribution in [2.24, 2.45) is 0 Å². The smallest absolute Gasteiger partial charge is 0.170 e. The number of aromatic nitrogens is 1. The molecule has 1 aliphatic rings. The largest absolute Gasteiger partial charge is 0.508 e. The van der Waals surface area contributed by atoms with Gasteiger partial charge in [0.1, 0.15) is 5.75 Å². The van der Waals surface area contributed by atoms with E-state index < -0.39 is 0 Å². The van der Waals surface area contributed by atoms with Crippen LogP contribution in [0.3, 0.4) is 0 Å². The zero-order chi connectivity index (χ0) is 13.2. The maximum atomic E-state index is 9.36. The molecule has 1 fully saturated rings. The molecule has 0 spiro atoms. The highest BCUT2D eigenvalue weighted by Crippen LogP contribution is 2.35. The second kappa shape index (κ2) is 5.08. The van der Waals surface area contributed by atoms with Crippen LogP contribution in [0.25, 0.3) is 11.3 Å². The highest BCUT2D eigenvalue weighted by atomic mass is 16.5. The van der Waals surface area contributed by atoms with Gasteiger partial charge in [-0.1, -0.05) is 18.0 Å². The van der Waals surface area contributed by atoms with Gasteiger partial charge in [0.25, 0.3) is 0 Å². The summed E-state index contributed by atoms with van der Waals surface area (Å²) in [5.41, 5.74) is 3.15. The van der Waals surface area contributed by atoms with E-state index in [2.05, 4.69) is 5.16 Å². The number of phenolic OH excluding ortho intramolecular Hbond substituents is 1. The highest BCUT2D eigenvalue weighted by Gasteiger charge is 2.22. The van der Waals surface area contributed by atoms with Gasteiger partial charge in [0.2, 0.25) is 0 Å². The molecule has 1 N–H and O–H groups in total.